The second-order valence-corrected chi connectivity index (χ2v) is 4.76. The monoisotopic (exact) mass is 288 g/mol. The van der Waals surface area contributed by atoms with Crippen molar-refractivity contribution >= 4 is 34.6 Å². The van der Waals surface area contributed by atoms with Crippen LogP contribution >= 0.6 is 11.6 Å². The van der Waals surface area contributed by atoms with Crippen LogP contribution in [0.3, 0.4) is 0 Å². The van der Waals surface area contributed by atoms with Gasteiger partial charge in [0.1, 0.15) is 0 Å². The molecule has 2 N–H and O–H groups in total. The number of hydrogen-bond acceptors (Lipinski definition) is 2. The topological polar surface area (TPSA) is 41.1 Å². The summed E-state index contributed by atoms with van der Waals surface area (Å²) in [5.74, 6) is 0.477. The van der Waals surface area contributed by atoms with Crippen LogP contribution in [0.1, 0.15) is 12.8 Å². The molecule has 0 heterocycles. The summed E-state index contributed by atoms with van der Waals surface area (Å²) in [6.45, 7) is 0. The Bertz CT molecular complexity index is 557. The molecule has 0 aromatic heterocycles. The van der Waals surface area contributed by atoms with Crippen LogP contribution in [0.5, 0.6) is 0 Å². The molecule has 1 amide bonds. The van der Waals surface area contributed by atoms with Gasteiger partial charge in [-0.05, 0) is 30.7 Å². The van der Waals surface area contributed by atoms with Gasteiger partial charge in [-0.3, -0.25) is 4.79 Å². The van der Waals surface area contributed by atoms with Crippen LogP contribution in [-0.4, -0.2) is 11.8 Å². The fourth-order valence-corrected chi connectivity index (χ4v) is 1.95. The molecule has 0 atom stereocenters. The summed E-state index contributed by atoms with van der Waals surface area (Å²) in [6, 6.07) is 17.5. The number of benzene rings is 2. The number of nitrogens with one attached hydrogen (secondary N) is 2. The Morgan fingerprint density at radius 2 is 1.60 bits per heavy atom. The van der Waals surface area contributed by atoms with Gasteiger partial charge in [0.05, 0.1) is 11.4 Å². The van der Waals surface area contributed by atoms with Crippen LogP contribution in [0.25, 0.3) is 0 Å². The molecule has 0 radical (unpaired) electrons. The summed E-state index contributed by atoms with van der Waals surface area (Å²) in [6.07, 6.45) is 1.12. The molecular weight excluding hydrogens is 272 g/mol. The molecule has 0 aliphatic rings. The van der Waals surface area contributed by atoms with Crippen LogP contribution in [0, 0.1) is 0 Å². The van der Waals surface area contributed by atoms with Crippen molar-refractivity contribution in [3.8, 4) is 0 Å². The van der Waals surface area contributed by atoms with Crippen molar-refractivity contribution in [2.24, 2.45) is 0 Å². The van der Waals surface area contributed by atoms with Crippen LogP contribution in [-0.2, 0) is 4.79 Å². The summed E-state index contributed by atoms with van der Waals surface area (Å²) in [5, 5.41) is 6.20. The zero-order valence-electron chi connectivity index (χ0n) is 11.1. The molecule has 104 valence electrons. The molecule has 3 nitrogen and oxygen atoms in total. The summed E-state index contributed by atoms with van der Waals surface area (Å²) in [5.41, 5.74) is 2.63. The highest BCUT2D eigenvalue weighted by Gasteiger charge is 2.06. The number of para-hydroxylation sites is 3. The van der Waals surface area contributed by atoms with Gasteiger partial charge in [-0.25, -0.2) is 0 Å². The summed E-state index contributed by atoms with van der Waals surface area (Å²) in [4.78, 5) is 11.8. The minimum absolute atomic E-state index is 0.0204. The van der Waals surface area contributed by atoms with Crippen molar-refractivity contribution in [2.45, 2.75) is 12.8 Å². The Labute approximate surface area is 124 Å². The maximum absolute atomic E-state index is 11.8. The van der Waals surface area contributed by atoms with Crippen molar-refractivity contribution in [1.29, 1.82) is 0 Å². The zero-order valence-corrected chi connectivity index (χ0v) is 11.9. The number of hydrogen-bond donors (Lipinski definition) is 2. The Morgan fingerprint density at radius 1 is 0.950 bits per heavy atom. The fourth-order valence-electron chi connectivity index (χ4n) is 1.82. The fraction of sp³-hybridized carbons (Fsp3) is 0.188. The van der Waals surface area contributed by atoms with Crippen molar-refractivity contribution < 1.29 is 4.79 Å². The highest BCUT2D eigenvalue weighted by atomic mass is 35.5. The molecule has 0 unspecified atom stereocenters. The van der Waals surface area contributed by atoms with E-state index >= 15 is 0 Å². The molecule has 0 spiro atoms. The first-order valence-corrected chi connectivity index (χ1v) is 7.10. The largest absolute Gasteiger partial charge is 0.354 e. The SMILES string of the molecule is O=C(CCCCl)Nc1ccccc1Nc1ccccc1. The second kappa shape index (κ2) is 7.56. The first-order chi connectivity index (χ1) is 9.79. The number of rotatable bonds is 6. The highest BCUT2D eigenvalue weighted by molar-refractivity contribution is 6.18. The van der Waals surface area contributed by atoms with Crippen LogP contribution in [0.2, 0.25) is 0 Å². The van der Waals surface area contributed by atoms with Crippen molar-refractivity contribution in [3.63, 3.8) is 0 Å². The number of alkyl halides is 1. The van der Waals surface area contributed by atoms with E-state index < -0.39 is 0 Å². The van der Waals surface area contributed by atoms with Gasteiger partial charge in [0.25, 0.3) is 0 Å². The zero-order chi connectivity index (χ0) is 14.2. The van der Waals surface area contributed by atoms with E-state index in [4.69, 9.17) is 11.6 Å². The molecule has 0 aliphatic carbocycles. The molecule has 20 heavy (non-hydrogen) atoms. The van der Waals surface area contributed by atoms with Crippen LogP contribution < -0.4 is 10.6 Å². The molecule has 0 aliphatic heterocycles. The average Bonchev–Trinajstić information content (AvgIpc) is 2.48. The van der Waals surface area contributed by atoms with Gasteiger partial charge >= 0.3 is 0 Å². The van der Waals surface area contributed by atoms with E-state index in [2.05, 4.69) is 10.6 Å². The van der Waals surface area contributed by atoms with E-state index in [9.17, 15) is 4.79 Å². The molecule has 2 aromatic carbocycles. The first kappa shape index (κ1) is 14.4. The molecule has 0 saturated heterocycles. The Balaban J connectivity index is 2.08. The summed E-state index contributed by atoms with van der Waals surface area (Å²) < 4.78 is 0. The molecule has 0 bridgehead atoms. The normalized spacial score (nSPS) is 10.1. The van der Waals surface area contributed by atoms with E-state index in [1.54, 1.807) is 0 Å². The lowest BCUT2D eigenvalue weighted by Gasteiger charge is -2.13. The van der Waals surface area contributed by atoms with Crippen molar-refractivity contribution in [3.05, 3.63) is 54.6 Å². The number of amides is 1. The lowest BCUT2D eigenvalue weighted by atomic mass is 10.2. The van der Waals surface area contributed by atoms with Gasteiger partial charge in [0.15, 0.2) is 0 Å². The van der Waals surface area contributed by atoms with Gasteiger partial charge in [-0.2, -0.15) is 0 Å². The number of anilines is 3. The third-order valence-corrected chi connectivity index (χ3v) is 3.06. The minimum Gasteiger partial charge on any atom is -0.354 e. The maximum Gasteiger partial charge on any atom is 0.224 e. The lowest BCUT2D eigenvalue weighted by molar-refractivity contribution is -0.116. The van der Waals surface area contributed by atoms with Crippen LogP contribution in [0.4, 0.5) is 17.1 Å². The number of carbonyl (C=O) groups is 1. The van der Waals surface area contributed by atoms with Crippen molar-refractivity contribution in [1.82, 2.24) is 0 Å². The average molecular weight is 289 g/mol. The number of halogens is 1. The quantitative estimate of drug-likeness (QED) is 0.774. The molecule has 4 heteroatoms. The van der Waals surface area contributed by atoms with Gasteiger partial charge in [-0.1, -0.05) is 30.3 Å². The lowest BCUT2D eigenvalue weighted by Crippen LogP contribution is -2.12. The highest BCUT2D eigenvalue weighted by Crippen LogP contribution is 2.25. The van der Waals surface area contributed by atoms with Crippen molar-refractivity contribution in [2.75, 3.05) is 16.5 Å². The smallest absolute Gasteiger partial charge is 0.224 e. The Kier molecular flexibility index (Phi) is 5.44. The molecule has 2 aromatic rings. The molecule has 0 saturated carbocycles. The predicted octanol–water partition coefficient (Wildman–Crippen LogP) is 4.39. The molecule has 0 fully saturated rings. The van der Waals surface area contributed by atoms with Gasteiger partial charge in [0.2, 0.25) is 5.91 Å². The van der Waals surface area contributed by atoms with E-state index in [0.717, 1.165) is 17.1 Å². The second-order valence-electron chi connectivity index (χ2n) is 4.38. The standard InChI is InChI=1S/C16H17ClN2O/c17-12-6-11-16(20)19-15-10-5-4-9-14(15)18-13-7-2-1-3-8-13/h1-5,7-10,18H,6,11-12H2,(H,19,20). The van der Waals surface area contributed by atoms with Gasteiger partial charge in [-0.15, -0.1) is 11.6 Å². The third-order valence-electron chi connectivity index (χ3n) is 2.79. The Morgan fingerprint density at radius 3 is 2.30 bits per heavy atom. The summed E-state index contributed by atoms with van der Waals surface area (Å²) in [7, 11) is 0. The predicted molar refractivity (Wildman–Crippen MR) is 84.8 cm³/mol. The van der Waals surface area contributed by atoms with E-state index in [1.165, 1.54) is 0 Å². The maximum atomic E-state index is 11.8. The summed E-state index contributed by atoms with van der Waals surface area (Å²) >= 11 is 5.59. The van der Waals surface area contributed by atoms with Gasteiger partial charge in [0, 0.05) is 18.0 Å². The molecular formula is C16H17ClN2O. The van der Waals surface area contributed by atoms with E-state index in [1.807, 2.05) is 54.6 Å². The Hall–Kier alpha value is -2.00. The van der Waals surface area contributed by atoms with E-state index in [-0.39, 0.29) is 5.91 Å². The molecule has 2 rings (SSSR count). The van der Waals surface area contributed by atoms with Crippen LogP contribution in [0.15, 0.2) is 54.6 Å². The minimum atomic E-state index is -0.0204. The third kappa shape index (κ3) is 4.28. The van der Waals surface area contributed by atoms with Gasteiger partial charge < -0.3 is 10.6 Å². The first-order valence-electron chi connectivity index (χ1n) is 6.56. The number of carbonyl (C=O) groups excluding carboxylic acids is 1. The van der Waals surface area contributed by atoms with E-state index in [0.29, 0.717) is 18.7 Å².